The molecule has 0 unspecified atom stereocenters. The second-order valence-electron chi connectivity index (χ2n) is 3.62. The topological polar surface area (TPSA) is 26.0 Å². The van der Waals surface area contributed by atoms with Gasteiger partial charge in [-0.1, -0.05) is 17.8 Å². The first-order chi connectivity index (χ1) is 8.19. The van der Waals surface area contributed by atoms with Gasteiger partial charge in [0.2, 0.25) is 0 Å². The van der Waals surface area contributed by atoms with Crippen LogP contribution < -0.4 is 5.73 Å². The quantitative estimate of drug-likeness (QED) is 0.530. The number of terminal acetylenes is 3. The molecule has 0 aliphatic heterocycles. The summed E-state index contributed by atoms with van der Waals surface area (Å²) in [7, 11) is 0. The van der Waals surface area contributed by atoms with Crippen LogP contribution >= 0.6 is 0 Å². The molecule has 2 rings (SSSR count). The number of anilines is 1. The van der Waals surface area contributed by atoms with Crippen LogP contribution in [0.1, 0.15) is 16.7 Å². The second-order valence-corrected chi connectivity index (χ2v) is 3.62. The van der Waals surface area contributed by atoms with Crippen molar-refractivity contribution in [3.63, 3.8) is 0 Å². The monoisotopic (exact) mass is 215 g/mol. The lowest BCUT2D eigenvalue weighted by Crippen LogP contribution is -1.91. The first-order valence-electron chi connectivity index (χ1n) is 4.96. The standard InChI is InChI=1S/C16H9N/c1-4-11-7-12(5-2)16-10-14(17)9-13(6-3)15(16)8-11/h1-3,7-10H,17H2. The summed E-state index contributed by atoms with van der Waals surface area (Å²) >= 11 is 0. The van der Waals surface area contributed by atoms with Gasteiger partial charge in [0.1, 0.15) is 0 Å². The maximum atomic E-state index is 5.79. The van der Waals surface area contributed by atoms with Crippen molar-refractivity contribution in [2.24, 2.45) is 0 Å². The fourth-order valence-electron chi connectivity index (χ4n) is 1.81. The third-order valence-electron chi connectivity index (χ3n) is 2.57. The summed E-state index contributed by atoms with van der Waals surface area (Å²) in [5.41, 5.74) is 8.51. The molecule has 0 aliphatic carbocycles. The molecule has 17 heavy (non-hydrogen) atoms. The van der Waals surface area contributed by atoms with Crippen molar-refractivity contribution in [3.05, 3.63) is 41.0 Å². The Morgan fingerprint density at radius 1 is 0.765 bits per heavy atom. The van der Waals surface area contributed by atoms with E-state index in [1.54, 1.807) is 12.1 Å². The van der Waals surface area contributed by atoms with Gasteiger partial charge in [0.05, 0.1) is 0 Å². The molecular formula is C16H9N. The van der Waals surface area contributed by atoms with Crippen LogP contribution in [0.15, 0.2) is 24.3 Å². The van der Waals surface area contributed by atoms with Crippen molar-refractivity contribution < 1.29 is 0 Å². The largest absolute Gasteiger partial charge is 0.399 e. The van der Waals surface area contributed by atoms with Gasteiger partial charge >= 0.3 is 0 Å². The van der Waals surface area contributed by atoms with E-state index in [0.29, 0.717) is 22.4 Å². The Labute approximate surface area is 101 Å². The van der Waals surface area contributed by atoms with E-state index in [0.717, 1.165) is 10.8 Å². The highest BCUT2D eigenvalue weighted by Crippen LogP contribution is 2.26. The van der Waals surface area contributed by atoms with Crippen LogP contribution in [0.2, 0.25) is 0 Å². The molecule has 2 N–H and O–H groups in total. The van der Waals surface area contributed by atoms with Gasteiger partial charge in [0.15, 0.2) is 0 Å². The summed E-state index contributed by atoms with van der Waals surface area (Å²) in [6, 6.07) is 7.18. The lowest BCUT2D eigenvalue weighted by molar-refractivity contribution is 1.63. The normalized spacial score (nSPS) is 9.24. The van der Waals surface area contributed by atoms with Crippen LogP contribution in [-0.4, -0.2) is 0 Å². The molecule has 0 bridgehead atoms. The highest BCUT2D eigenvalue weighted by Gasteiger charge is 2.06. The van der Waals surface area contributed by atoms with Gasteiger partial charge in [-0.15, -0.1) is 19.3 Å². The highest BCUT2D eigenvalue weighted by molar-refractivity contribution is 5.96. The zero-order chi connectivity index (χ0) is 12.4. The van der Waals surface area contributed by atoms with Crippen molar-refractivity contribution in [1.29, 1.82) is 0 Å². The number of hydrogen-bond acceptors (Lipinski definition) is 1. The van der Waals surface area contributed by atoms with Crippen molar-refractivity contribution in [1.82, 2.24) is 0 Å². The van der Waals surface area contributed by atoms with Crippen LogP contribution in [-0.2, 0) is 0 Å². The van der Waals surface area contributed by atoms with Crippen LogP contribution in [0.25, 0.3) is 10.8 Å². The van der Waals surface area contributed by atoms with E-state index < -0.39 is 0 Å². The predicted molar refractivity (Wildman–Crippen MR) is 72.2 cm³/mol. The minimum absolute atomic E-state index is 0.593. The van der Waals surface area contributed by atoms with Crippen molar-refractivity contribution in [2.45, 2.75) is 0 Å². The first kappa shape index (κ1) is 10.7. The number of nitrogen functional groups attached to an aromatic ring is 1. The fourth-order valence-corrected chi connectivity index (χ4v) is 1.81. The third kappa shape index (κ3) is 1.69. The number of fused-ring (bicyclic) bond motifs is 1. The second kappa shape index (κ2) is 3.97. The molecule has 0 aromatic heterocycles. The Morgan fingerprint density at radius 3 is 1.94 bits per heavy atom. The maximum Gasteiger partial charge on any atom is 0.0342 e. The molecule has 1 nitrogen and oxygen atoms in total. The van der Waals surface area contributed by atoms with E-state index in [1.165, 1.54) is 0 Å². The number of hydrogen-bond donors (Lipinski definition) is 1. The lowest BCUT2D eigenvalue weighted by Gasteiger charge is -2.07. The summed E-state index contributed by atoms with van der Waals surface area (Å²) in [5.74, 6) is 7.76. The summed E-state index contributed by atoms with van der Waals surface area (Å²) < 4.78 is 0. The van der Waals surface area contributed by atoms with Crippen molar-refractivity contribution in [2.75, 3.05) is 5.73 Å². The summed E-state index contributed by atoms with van der Waals surface area (Å²) in [5, 5.41) is 1.73. The number of benzene rings is 2. The van der Waals surface area contributed by atoms with E-state index in [2.05, 4.69) is 17.8 Å². The van der Waals surface area contributed by atoms with Crippen LogP contribution in [0.3, 0.4) is 0 Å². The molecule has 0 amide bonds. The molecule has 0 saturated heterocycles. The van der Waals surface area contributed by atoms with Gasteiger partial charge in [-0.2, -0.15) is 0 Å². The van der Waals surface area contributed by atoms with E-state index in [-0.39, 0.29) is 0 Å². The third-order valence-corrected chi connectivity index (χ3v) is 2.57. The van der Waals surface area contributed by atoms with Gasteiger partial charge in [-0.3, -0.25) is 0 Å². The molecule has 2 aromatic carbocycles. The molecular weight excluding hydrogens is 206 g/mol. The molecule has 0 fully saturated rings. The Balaban J connectivity index is 3.02. The van der Waals surface area contributed by atoms with E-state index in [1.807, 2.05) is 12.1 Å². The number of nitrogens with two attached hydrogens (primary N) is 1. The molecule has 0 heterocycles. The molecule has 78 valence electrons. The van der Waals surface area contributed by atoms with Gasteiger partial charge in [0, 0.05) is 27.8 Å². The van der Waals surface area contributed by atoms with Crippen LogP contribution in [0, 0.1) is 37.0 Å². The van der Waals surface area contributed by atoms with Gasteiger partial charge in [0.25, 0.3) is 0 Å². The SMILES string of the molecule is C#Cc1cc(C#C)c2cc(N)cc(C#C)c2c1. The van der Waals surface area contributed by atoms with Crippen LogP contribution in [0.5, 0.6) is 0 Å². The maximum absolute atomic E-state index is 5.79. The summed E-state index contributed by atoms with van der Waals surface area (Å²) in [6.07, 6.45) is 16.3. The average molecular weight is 215 g/mol. The fraction of sp³-hybridized carbons (Fsp3) is 0. The molecule has 1 heteroatoms. The highest BCUT2D eigenvalue weighted by atomic mass is 14.5. The predicted octanol–water partition coefficient (Wildman–Crippen LogP) is 2.37. The molecule has 0 spiro atoms. The minimum Gasteiger partial charge on any atom is -0.399 e. The Kier molecular flexibility index (Phi) is 2.50. The molecule has 0 radical (unpaired) electrons. The Bertz CT molecular complexity index is 731. The molecule has 0 aliphatic rings. The van der Waals surface area contributed by atoms with Crippen molar-refractivity contribution in [3.8, 4) is 37.0 Å². The Morgan fingerprint density at radius 2 is 1.35 bits per heavy atom. The van der Waals surface area contributed by atoms with Crippen molar-refractivity contribution >= 4 is 16.5 Å². The zero-order valence-corrected chi connectivity index (χ0v) is 9.12. The zero-order valence-electron chi connectivity index (χ0n) is 9.12. The first-order valence-corrected chi connectivity index (χ1v) is 4.96. The Hall–Kier alpha value is -2.82. The molecule has 2 aromatic rings. The minimum atomic E-state index is 0.593. The summed E-state index contributed by atoms with van der Waals surface area (Å²) in [6.45, 7) is 0. The van der Waals surface area contributed by atoms with E-state index in [9.17, 15) is 0 Å². The van der Waals surface area contributed by atoms with Crippen LogP contribution in [0.4, 0.5) is 5.69 Å². The molecule has 0 atom stereocenters. The van der Waals surface area contributed by atoms with Gasteiger partial charge < -0.3 is 5.73 Å². The summed E-state index contributed by atoms with van der Waals surface area (Å²) in [4.78, 5) is 0. The number of rotatable bonds is 0. The average Bonchev–Trinajstić information content (AvgIpc) is 2.36. The smallest absolute Gasteiger partial charge is 0.0342 e. The molecule has 0 saturated carbocycles. The van der Waals surface area contributed by atoms with Gasteiger partial charge in [-0.05, 0) is 29.7 Å². The van der Waals surface area contributed by atoms with E-state index >= 15 is 0 Å². The van der Waals surface area contributed by atoms with E-state index in [4.69, 9.17) is 25.0 Å². The van der Waals surface area contributed by atoms with Gasteiger partial charge in [-0.25, -0.2) is 0 Å². The lowest BCUT2D eigenvalue weighted by atomic mass is 9.97.